The predicted molar refractivity (Wildman–Crippen MR) is 75.1 cm³/mol. The number of hydrogen-bond acceptors (Lipinski definition) is 6. The van der Waals surface area contributed by atoms with Crippen molar-refractivity contribution in [2.45, 2.75) is 32.9 Å². The smallest absolute Gasteiger partial charge is 0.410 e. The van der Waals surface area contributed by atoms with Crippen LogP contribution in [0.5, 0.6) is 0 Å². The van der Waals surface area contributed by atoms with E-state index in [1.54, 1.807) is 19.4 Å². The van der Waals surface area contributed by atoms with E-state index in [9.17, 15) is 4.79 Å². The Morgan fingerprint density at radius 1 is 1.38 bits per heavy atom. The van der Waals surface area contributed by atoms with Crippen molar-refractivity contribution in [3.63, 3.8) is 0 Å². The highest BCUT2D eigenvalue weighted by Crippen LogP contribution is 2.15. The molecule has 21 heavy (non-hydrogen) atoms. The average molecular weight is 290 g/mol. The van der Waals surface area contributed by atoms with E-state index in [4.69, 9.17) is 4.74 Å². The number of carbonyl (C=O) groups excluding carboxylic acids is 1. The number of ether oxygens (including phenoxy) is 1. The zero-order valence-corrected chi connectivity index (χ0v) is 12.5. The maximum atomic E-state index is 11.9. The summed E-state index contributed by atoms with van der Waals surface area (Å²) in [7, 11) is 1.68. The Kier molecular flexibility index (Phi) is 4.15. The molecule has 0 unspecified atom stereocenters. The van der Waals surface area contributed by atoms with E-state index < -0.39 is 5.60 Å². The SMILES string of the molecule is CN(Cc1cncc(-c2nn[nH]n2)c1)C(=O)OC(C)(C)C. The zero-order valence-electron chi connectivity index (χ0n) is 12.5. The van der Waals surface area contributed by atoms with E-state index in [0.717, 1.165) is 11.1 Å². The first-order chi connectivity index (χ1) is 9.85. The molecule has 0 spiro atoms. The van der Waals surface area contributed by atoms with Gasteiger partial charge < -0.3 is 9.64 Å². The Labute approximate surface area is 122 Å². The summed E-state index contributed by atoms with van der Waals surface area (Å²) < 4.78 is 5.30. The van der Waals surface area contributed by atoms with Gasteiger partial charge in [-0.15, -0.1) is 10.2 Å². The van der Waals surface area contributed by atoms with E-state index in [-0.39, 0.29) is 6.09 Å². The van der Waals surface area contributed by atoms with Gasteiger partial charge in [-0.05, 0) is 37.6 Å². The van der Waals surface area contributed by atoms with Crippen molar-refractivity contribution in [1.82, 2.24) is 30.5 Å². The molecule has 8 heteroatoms. The quantitative estimate of drug-likeness (QED) is 0.922. The molecule has 0 aliphatic carbocycles. The van der Waals surface area contributed by atoms with Crippen LogP contribution in [-0.4, -0.2) is 49.2 Å². The van der Waals surface area contributed by atoms with Gasteiger partial charge in [0.2, 0.25) is 5.82 Å². The first kappa shape index (κ1) is 14.9. The molecule has 0 aliphatic rings. The van der Waals surface area contributed by atoms with Crippen LogP contribution in [0.4, 0.5) is 4.79 Å². The van der Waals surface area contributed by atoms with Crippen LogP contribution in [0.2, 0.25) is 0 Å². The minimum absolute atomic E-state index is 0.382. The number of hydrogen-bond donors (Lipinski definition) is 1. The fourth-order valence-corrected chi connectivity index (χ4v) is 1.66. The summed E-state index contributed by atoms with van der Waals surface area (Å²) in [5.74, 6) is 0.462. The summed E-state index contributed by atoms with van der Waals surface area (Å²) in [5.41, 5.74) is 1.07. The number of aromatic nitrogens is 5. The van der Waals surface area contributed by atoms with Gasteiger partial charge in [0.1, 0.15) is 5.60 Å². The summed E-state index contributed by atoms with van der Waals surface area (Å²) in [5, 5.41) is 13.7. The molecule has 0 fully saturated rings. The lowest BCUT2D eigenvalue weighted by Gasteiger charge is -2.24. The Bertz CT molecular complexity index is 605. The molecule has 0 aliphatic heterocycles. The van der Waals surface area contributed by atoms with Gasteiger partial charge in [0.15, 0.2) is 0 Å². The molecule has 112 valence electrons. The minimum Gasteiger partial charge on any atom is -0.444 e. The van der Waals surface area contributed by atoms with Crippen LogP contribution in [-0.2, 0) is 11.3 Å². The monoisotopic (exact) mass is 290 g/mol. The van der Waals surface area contributed by atoms with E-state index in [0.29, 0.717) is 12.4 Å². The fraction of sp³-hybridized carbons (Fsp3) is 0.462. The van der Waals surface area contributed by atoms with Crippen molar-refractivity contribution in [3.05, 3.63) is 24.0 Å². The van der Waals surface area contributed by atoms with Gasteiger partial charge in [0.25, 0.3) is 0 Å². The lowest BCUT2D eigenvalue weighted by molar-refractivity contribution is 0.0285. The second-order valence-electron chi connectivity index (χ2n) is 5.65. The zero-order chi connectivity index (χ0) is 15.5. The van der Waals surface area contributed by atoms with Crippen LogP contribution < -0.4 is 0 Å². The Morgan fingerprint density at radius 2 is 2.14 bits per heavy atom. The number of amides is 1. The molecule has 0 aromatic carbocycles. The van der Waals surface area contributed by atoms with Gasteiger partial charge >= 0.3 is 6.09 Å². The maximum absolute atomic E-state index is 11.9. The molecule has 0 radical (unpaired) electrons. The molecule has 0 atom stereocenters. The van der Waals surface area contributed by atoms with E-state index in [2.05, 4.69) is 25.6 Å². The maximum Gasteiger partial charge on any atom is 0.410 e. The van der Waals surface area contributed by atoms with Crippen molar-refractivity contribution in [2.24, 2.45) is 0 Å². The highest BCUT2D eigenvalue weighted by atomic mass is 16.6. The molecule has 0 bridgehead atoms. The van der Waals surface area contributed by atoms with Crippen molar-refractivity contribution in [2.75, 3.05) is 7.05 Å². The number of pyridine rings is 1. The number of tetrazole rings is 1. The van der Waals surface area contributed by atoms with Gasteiger partial charge in [0.05, 0.1) is 6.54 Å². The number of aromatic amines is 1. The van der Waals surface area contributed by atoms with Crippen LogP contribution in [0.15, 0.2) is 18.5 Å². The van der Waals surface area contributed by atoms with E-state index in [1.165, 1.54) is 4.90 Å². The van der Waals surface area contributed by atoms with Crippen molar-refractivity contribution in [3.8, 4) is 11.4 Å². The summed E-state index contributed by atoms with van der Waals surface area (Å²) in [6.07, 6.45) is 2.94. The second kappa shape index (κ2) is 5.86. The van der Waals surface area contributed by atoms with Crippen molar-refractivity contribution >= 4 is 6.09 Å². The first-order valence-corrected chi connectivity index (χ1v) is 6.47. The summed E-state index contributed by atoms with van der Waals surface area (Å²) in [4.78, 5) is 17.5. The van der Waals surface area contributed by atoms with Gasteiger partial charge in [-0.1, -0.05) is 0 Å². The second-order valence-corrected chi connectivity index (χ2v) is 5.65. The molecular weight excluding hydrogens is 272 g/mol. The molecule has 1 amide bonds. The molecular formula is C13H18N6O2. The summed E-state index contributed by atoms with van der Waals surface area (Å²) >= 11 is 0. The summed E-state index contributed by atoms with van der Waals surface area (Å²) in [6.45, 7) is 5.87. The third-order valence-electron chi connectivity index (χ3n) is 2.52. The van der Waals surface area contributed by atoms with Crippen molar-refractivity contribution < 1.29 is 9.53 Å². The van der Waals surface area contributed by atoms with Gasteiger partial charge in [-0.3, -0.25) is 4.98 Å². The topological polar surface area (TPSA) is 96.9 Å². The minimum atomic E-state index is -0.518. The fourth-order valence-electron chi connectivity index (χ4n) is 1.66. The molecule has 2 heterocycles. The van der Waals surface area contributed by atoms with E-state index >= 15 is 0 Å². The number of carbonyl (C=O) groups is 1. The van der Waals surface area contributed by atoms with Crippen molar-refractivity contribution in [1.29, 1.82) is 0 Å². The first-order valence-electron chi connectivity index (χ1n) is 6.47. The average Bonchev–Trinajstić information content (AvgIpc) is 2.90. The largest absolute Gasteiger partial charge is 0.444 e. The number of H-pyrrole nitrogens is 1. The van der Waals surface area contributed by atoms with E-state index in [1.807, 2.05) is 26.8 Å². The number of nitrogens with one attached hydrogen (secondary N) is 1. The Hall–Kier alpha value is -2.51. The molecule has 2 aromatic rings. The highest BCUT2D eigenvalue weighted by Gasteiger charge is 2.19. The summed E-state index contributed by atoms with van der Waals surface area (Å²) in [6, 6.07) is 1.86. The third-order valence-corrected chi connectivity index (χ3v) is 2.52. The lowest BCUT2D eigenvalue weighted by Crippen LogP contribution is -2.33. The highest BCUT2D eigenvalue weighted by molar-refractivity contribution is 5.67. The third kappa shape index (κ3) is 4.23. The van der Waals surface area contributed by atoms with Crippen LogP contribution in [0.1, 0.15) is 26.3 Å². The predicted octanol–water partition coefficient (Wildman–Crippen LogP) is 1.63. The van der Waals surface area contributed by atoms with Gasteiger partial charge in [0, 0.05) is 25.0 Å². The van der Waals surface area contributed by atoms with Crippen LogP contribution in [0, 0.1) is 0 Å². The molecule has 0 saturated heterocycles. The normalized spacial score (nSPS) is 11.2. The van der Waals surface area contributed by atoms with Gasteiger partial charge in [-0.2, -0.15) is 5.21 Å². The van der Waals surface area contributed by atoms with Crippen LogP contribution >= 0.6 is 0 Å². The number of nitrogens with zero attached hydrogens (tertiary/aromatic N) is 5. The molecule has 2 rings (SSSR count). The van der Waals surface area contributed by atoms with Crippen LogP contribution in [0.25, 0.3) is 11.4 Å². The lowest BCUT2D eigenvalue weighted by atomic mass is 10.2. The molecule has 1 N–H and O–H groups in total. The molecule has 2 aromatic heterocycles. The standard InChI is InChI=1S/C13H18N6O2/c1-13(2,3)21-12(20)19(4)8-9-5-10(7-14-6-9)11-15-17-18-16-11/h5-7H,8H2,1-4H3,(H,15,16,17,18). The Morgan fingerprint density at radius 3 is 2.76 bits per heavy atom. The Balaban J connectivity index is 2.06. The number of rotatable bonds is 3. The molecule has 8 nitrogen and oxygen atoms in total. The van der Waals surface area contributed by atoms with Gasteiger partial charge in [-0.25, -0.2) is 4.79 Å². The van der Waals surface area contributed by atoms with Crippen LogP contribution in [0.3, 0.4) is 0 Å². The molecule has 0 saturated carbocycles.